The van der Waals surface area contributed by atoms with E-state index in [1.165, 1.54) is 11.1 Å². The van der Waals surface area contributed by atoms with Crippen LogP contribution < -0.4 is 5.32 Å². The fraction of sp³-hybridized carbons (Fsp3) is 0.167. The van der Waals surface area contributed by atoms with Gasteiger partial charge in [-0.05, 0) is 37.1 Å². The minimum Gasteiger partial charge on any atom is -0.353 e. The zero-order valence-electron chi connectivity index (χ0n) is 12.3. The van der Waals surface area contributed by atoms with Crippen LogP contribution in [-0.4, -0.2) is 15.6 Å². The van der Waals surface area contributed by atoms with Gasteiger partial charge in [0, 0.05) is 24.1 Å². The second kappa shape index (κ2) is 5.83. The minimum absolute atomic E-state index is 0.356. The van der Waals surface area contributed by atoms with E-state index in [-0.39, 0.29) is 0 Å². The van der Waals surface area contributed by atoms with E-state index in [0.29, 0.717) is 6.04 Å². The van der Waals surface area contributed by atoms with Crippen LogP contribution in [-0.2, 0) is 0 Å². The van der Waals surface area contributed by atoms with E-state index < -0.39 is 0 Å². The molecule has 3 rings (SSSR count). The summed E-state index contributed by atoms with van der Waals surface area (Å²) in [6.45, 7) is 4.22. The third-order valence-electron chi connectivity index (χ3n) is 3.31. The second-order valence-corrected chi connectivity index (χ2v) is 5.33. The van der Waals surface area contributed by atoms with Gasteiger partial charge in [-0.1, -0.05) is 42.5 Å². The highest BCUT2D eigenvalue weighted by Crippen LogP contribution is 2.22. The molecule has 0 aliphatic rings. The molecule has 2 aromatic carbocycles. The summed E-state index contributed by atoms with van der Waals surface area (Å²) in [5.41, 5.74) is 3.56. The first-order chi connectivity index (χ1) is 10.2. The Bertz CT molecular complexity index is 697. The molecule has 3 heteroatoms. The van der Waals surface area contributed by atoms with Crippen LogP contribution in [0.1, 0.15) is 13.8 Å². The number of anilines is 1. The largest absolute Gasteiger partial charge is 0.353 e. The fourth-order valence-corrected chi connectivity index (χ4v) is 2.32. The van der Waals surface area contributed by atoms with Crippen LogP contribution in [0.15, 0.2) is 67.0 Å². The molecule has 21 heavy (non-hydrogen) atoms. The third kappa shape index (κ3) is 2.97. The lowest BCUT2D eigenvalue weighted by Gasteiger charge is -2.12. The molecule has 0 saturated carbocycles. The van der Waals surface area contributed by atoms with Gasteiger partial charge in [0.15, 0.2) is 0 Å². The molecule has 3 aromatic rings. The Morgan fingerprint density at radius 1 is 0.905 bits per heavy atom. The molecule has 3 nitrogen and oxygen atoms in total. The molecule has 0 saturated heterocycles. The number of rotatable bonds is 4. The molecule has 0 atom stereocenters. The van der Waals surface area contributed by atoms with Gasteiger partial charge in [0.1, 0.15) is 0 Å². The van der Waals surface area contributed by atoms with E-state index in [2.05, 4.69) is 77.2 Å². The van der Waals surface area contributed by atoms with Crippen molar-refractivity contribution in [2.45, 2.75) is 19.9 Å². The zero-order chi connectivity index (χ0) is 14.7. The Hall–Kier alpha value is -2.55. The van der Waals surface area contributed by atoms with Gasteiger partial charge in [-0.3, -0.25) is 4.57 Å². The van der Waals surface area contributed by atoms with E-state index in [1.54, 1.807) is 0 Å². The molecule has 106 valence electrons. The summed E-state index contributed by atoms with van der Waals surface area (Å²) in [7, 11) is 0. The van der Waals surface area contributed by atoms with Crippen molar-refractivity contribution >= 4 is 5.95 Å². The maximum absolute atomic E-state index is 4.37. The van der Waals surface area contributed by atoms with Crippen molar-refractivity contribution in [1.82, 2.24) is 9.55 Å². The van der Waals surface area contributed by atoms with Crippen LogP contribution in [0.2, 0.25) is 0 Å². The maximum atomic E-state index is 4.37. The molecule has 0 amide bonds. The van der Waals surface area contributed by atoms with Gasteiger partial charge in [0.2, 0.25) is 5.95 Å². The molecule has 0 radical (unpaired) electrons. The Balaban J connectivity index is 1.90. The Labute approximate surface area is 125 Å². The molecule has 1 aromatic heterocycles. The predicted octanol–water partition coefficient (Wildman–Crippen LogP) is 4.36. The van der Waals surface area contributed by atoms with E-state index in [0.717, 1.165) is 11.6 Å². The van der Waals surface area contributed by atoms with Crippen LogP contribution in [0.25, 0.3) is 16.8 Å². The summed E-state index contributed by atoms with van der Waals surface area (Å²) in [4.78, 5) is 4.37. The highest BCUT2D eigenvalue weighted by atomic mass is 15.2. The lowest BCUT2D eigenvalue weighted by Crippen LogP contribution is -2.13. The van der Waals surface area contributed by atoms with Gasteiger partial charge < -0.3 is 5.32 Å². The first-order valence-corrected chi connectivity index (χ1v) is 7.20. The van der Waals surface area contributed by atoms with Crippen LogP contribution in [0.5, 0.6) is 0 Å². The van der Waals surface area contributed by atoms with Gasteiger partial charge in [-0.2, -0.15) is 0 Å². The van der Waals surface area contributed by atoms with Crippen molar-refractivity contribution in [3.05, 3.63) is 67.0 Å². The van der Waals surface area contributed by atoms with Crippen molar-refractivity contribution in [2.75, 3.05) is 5.32 Å². The van der Waals surface area contributed by atoms with E-state index in [4.69, 9.17) is 0 Å². The van der Waals surface area contributed by atoms with E-state index in [1.807, 2.05) is 18.5 Å². The molecular weight excluding hydrogens is 258 g/mol. The number of benzene rings is 2. The van der Waals surface area contributed by atoms with Crippen LogP contribution in [0, 0.1) is 0 Å². The SMILES string of the molecule is CC(C)Nc1nccn1-c1ccc(-c2ccccc2)cc1. The molecule has 0 aliphatic carbocycles. The van der Waals surface area contributed by atoms with Crippen LogP contribution >= 0.6 is 0 Å². The Morgan fingerprint density at radius 3 is 2.24 bits per heavy atom. The molecule has 0 aliphatic heterocycles. The van der Waals surface area contributed by atoms with Crippen molar-refractivity contribution in [1.29, 1.82) is 0 Å². The molecule has 0 bridgehead atoms. The van der Waals surface area contributed by atoms with Gasteiger partial charge in [-0.15, -0.1) is 0 Å². The maximum Gasteiger partial charge on any atom is 0.207 e. The van der Waals surface area contributed by atoms with E-state index in [9.17, 15) is 0 Å². The lowest BCUT2D eigenvalue weighted by atomic mass is 10.1. The topological polar surface area (TPSA) is 29.9 Å². The summed E-state index contributed by atoms with van der Waals surface area (Å²) in [5, 5.41) is 3.35. The standard InChI is InChI=1S/C18H19N3/c1-14(2)20-18-19-12-13-21(18)17-10-8-16(9-11-17)15-6-4-3-5-7-15/h3-14H,1-2H3,(H,19,20). The molecule has 0 unspecified atom stereocenters. The average molecular weight is 277 g/mol. The number of imidazole rings is 1. The van der Waals surface area contributed by atoms with Gasteiger partial charge >= 0.3 is 0 Å². The summed E-state index contributed by atoms with van der Waals surface area (Å²) in [6, 6.07) is 19.3. The van der Waals surface area contributed by atoms with Crippen molar-refractivity contribution in [3.8, 4) is 16.8 Å². The van der Waals surface area contributed by atoms with Gasteiger partial charge in [-0.25, -0.2) is 4.98 Å². The minimum atomic E-state index is 0.356. The van der Waals surface area contributed by atoms with Crippen LogP contribution in [0.4, 0.5) is 5.95 Å². The quantitative estimate of drug-likeness (QED) is 0.768. The molecule has 0 spiro atoms. The average Bonchev–Trinajstić information content (AvgIpc) is 2.96. The summed E-state index contributed by atoms with van der Waals surface area (Å²) < 4.78 is 2.06. The summed E-state index contributed by atoms with van der Waals surface area (Å²) >= 11 is 0. The molecular formula is C18H19N3. The number of nitrogens with one attached hydrogen (secondary N) is 1. The normalized spacial score (nSPS) is 10.8. The molecule has 0 fully saturated rings. The Kier molecular flexibility index (Phi) is 3.73. The van der Waals surface area contributed by atoms with Gasteiger partial charge in [0.25, 0.3) is 0 Å². The van der Waals surface area contributed by atoms with Crippen molar-refractivity contribution in [3.63, 3.8) is 0 Å². The van der Waals surface area contributed by atoms with Gasteiger partial charge in [0.05, 0.1) is 0 Å². The highest BCUT2D eigenvalue weighted by molar-refractivity contribution is 5.64. The Morgan fingerprint density at radius 2 is 1.57 bits per heavy atom. The number of hydrogen-bond acceptors (Lipinski definition) is 2. The number of nitrogens with zero attached hydrogens (tertiary/aromatic N) is 2. The molecule has 1 N–H and O–H groups in total. The number of hydrogen-bond donors (Lipinski definition) is 1. The lowest BCUT2D eigenvalue weighted by molar-refractivity contribution is 0.864. The van der Waals surface area contributed by atoms with Crippen LogP contribution in [0.3, 0.4) is 0 Å². The molecule has 1 heterocycles. The number of aromatic nitrogens is 2. The third-order valence-corrected chi connectivity index (χ3v) is 3.31. The first kappa shape index (κ1) is 13.4. The fourth-order valence-electron chi connectivity index (χ4n) is 2.32. The van der Waals surface area contributed by atoms with Crippen molar-refractivity contribution < 1.29 is 0 Å². The first-order valence-electron chi connectivity index (χ1n) is 7.20. The van der Waals surface area contributed by atoms with Crippen molar-refractivity contribution in [2.24, 2.45) is 0 Å². The summed E-state index contributed by atoms with van der Waals surface area (Å²) in [5.74, 6) is 0.873. The monoisotopic (exact) mass is 277 g/mol. The zero-order valence-corrected chi connectivity index (χ0v) is 12.3. The highest BCUT2D eigenvalue weighted by Gasteiger charge is 2.06. The summed E-state index contributed by atoms with van der Waals surface area (Å²) in [6.07, 6.45) is 3.79. The van der Waals surface area contributed by atoms with E-state index >= 15 is 0 Å². The second-order valence-electron chi connectivity index (χ2n) is 5.33. The predicted molar refractivity (Wildman–Crippen MR) is 87.8 cm³/mol. The smallest absolute Gasteiger partial charge is 0.207 e.